The minimum absolute atomic E-state index is 0.00785. The van der Waals surface area contributed by atoms with Gasteiger partial charge in [0.25, 0.3) is 0 Å². The van der Waals surface area contributed by atoms with E-state index in [0.29, 0.717) is 29.9 Å². The van der Waals surface area contributed by atoms with E-state index in [1.165, 1.54) is 19.3 Å². The molecule has 7 heteroatoms. The highest BCUT2D eigenvalue weighted by atomic mass is 16.6. The molecule has 0 bridgehead atoms. The van der Waals surface area contributed by atoms with Gasteiger partial charge in [0.1, 0.15) is 5.69 Å². The number of aryl methyl sites for hydroxylation is 1. The largest absolute Gasteiger partial charge is 0.354 e. The average Bonchev–Trinajstić information content (AvgIpc) is 2.32. The Bertz CT molecular complexity index is 502. The summed E-state index contributed by atoms with van der Waals surface area (Å²) in [4.78, 5) is 21.2. The molecule has 7 nitrogen and oxygen atoms in total. The van der Waals surface area contributed by atoms with E-state index in [-0.39, 0.29) is 5.69 Å². The van der Waals surface area contributed by atoms with E-state index in [2.05, 4.69) is 15.3 Å². The Morgan fingerprint density at radius 3 is 2.65 bits per heavy atom. The number of nitrogens with zero attached hydrogens (tertiary/aromatic N) is 4. The van der Waals surface area contributed by atoms with Crippen LogP contribution in [0.5, 0.6) is 0 Å². The number of aromatic nitrogens is 2. The zero-order valence-corrected chi connectivity index (χ0v) is 12.2. The van der Waals surface area contributed by atoms with Crippen LogP contribution in [0.2, 0.25) is 0 Å². The Balaban J connectivity index is 2.32. The maximum atomic E-state index is 11.3. The molecule has 0 unspecified atom stereocenters. The van der Waals surface area contributed by atoms with Crippen LogP contribution >= 0.6 is 0 Å². The lowest BCUT2D eigenvalue weighted by molar-refractivity contribution is -0.385. The van der Waals surface area contributed by atoms with Crippen molar-refractivity contribution in [2.45, 2.75) is 33.1 Å². The van der Waals surface area contributed by atoms with Gasteiger partial charge in [-0.3, -0.25) is 10.1 Å². The fourth-order valence-electron chi connectivity index (χ4n) is 2.42. The van der Waals surface area contributed by atoms with Crippen LogP contribution in [-0.4, -0.2) is 35.0 Å². The molecule has 1 aromatic heterocycles. The zero-order valence-electron chi connectivity index (χ0n) is 12.2. The lowest BCUT2D eigenvalue weighted by Gasteiger charge is -2.30. The summed E-state index contributed by atoms with van der Waals surface area (Å²) >= 11 is 0. The molecule has 1 heterocycles. The Morgan fingerprint density at radius 2 is 2.15 bits per heavy atom. The van der Waals surface area contributed by atoms with Crippen LogP contribution in [-0.2, 0) is 0 Å². The highest BCUT2D eigenvalue weighted by Crippen LogP contribution is 2.32. The monoisotopic (exact) mass is 279 g/mol. The van der Waals surface area contributed by atoms with Gasteiger partial charge in [-0.2, -0.15) is 4.98 Å². The van der Waals surface area contributed by atoms with Gasteiger partial charge in [0.2, 0.25) is 11.8 Å². The third kappa shape index (κ3) is 2.97. The van der Waals surface area contributed by atoms with E-state index in [0.717, 1.165) is 6.54 Å². The quantitative estimate of drug-likeness (QED) is 0.635. The topological polar surface area (TPSA) is 84.2 Å². The van der Waals surface area contributed by atoms with Gasteiger partial charge in [-0.15, -0.1) is 0 Å². The Labute approximate surface area is 118 Å². The molecule has 0 saturated heterocycles. The molecule has 1 saturated carbocycles. The molecule has 0 aromatic carbocycles. The fraction of sp³-hybridized carbons (Fsp3) is 0.692. The van der Waals surface area contributed by atoms with Crippen LogP contribution in [0.25, 0.3) is 0 Å². The van der Waals surface area contributed by atoms with Gasteiger partial charge in [0.05, 0.1) is 4.92 Å². The van der Waals surface area contributed by atoms with Crippen molar-refractivity contribution in [3.05, 3.63) is 15.8 Å². The molecule has 1 fully saturated rings. The van der Waals surface area contributed by atoms with Crippen molar-refractivity contribution in [1.82, 2.24) is 9.97 Å². The van der Waals surface area contributed by atoms with E-state index in [9.17, 15) is 10.1 Å². The van der Waals surface area contributed by atoms with E-state index in [1.807, 2.05) is 18.9 Å². The molecule has 0 spiro atoms. The first-order valence-electron chi connectivity index (χ1n) is 7.01. The van der Waals surface area contributed by atoms with E-state index < -0.39 is 4.92 Å². The standard InChI is InChI=1S/C13H21N5O2/c1-4-14-13-15-9(2)11(18(19)20)12(16-13)17(3)8-10-6-5-7-10/h10H,4-8H2,1-3H3,(H,14,15,16). The average molecular weight is 279 g/mol. The van der Waals surface area contributed by atoms with Crippen LogP contribution in [0.1, 0.15) is 31.9 Å². The molecular formula is C13H21N5O2. The summed E-state index contributed by atoms with van der Waals surface area (Å²) in [6.07, 6.45) is 3.65. The van der Waals surface area contributed by atoms with Crippen molar-refractivity contribution in [2.75, 3.05) is 30.4 Å². The number of hydrogen-bond donors (Lipinski definition) is 1. The highest BCUT2D eigenvalue weighted by molar-refractivity contribution is 5.62. The molecule has 1 aromatic rings. The second-order valence-electron chi connectivity index (χ2n) is 5.27. The van der Waals surface area contributed by atoms with Gasteiger partial charge in [-0.25, -0.2) is 4.98 Å². The predicted octanol–water partition coefficient (Wildman–Crippen LogP) is 2.36. The number of nitrogens with one attached hydrogen (secondary N) is 1. The zero-order chi connectivity index (χ0) is 14.7. The third-order valence-corrected chi connectivity index (χ3v) is 3.68. The van der Waals surface area contributed by atoms with E-state index in [4.69, 9.17) is 0 Å². The molecule has 1 N–H and O–H groups in total. The molecule has 110 valence electrons. The molecule has 0 amide bonds. The van der Waals surface area contributed by atoms with Crippen molar-refractivity contribution < 1.29 is 4.92 Å². The third-order valence-electron chi connectivity index (χ3n) is 3.68. The number of hydrogen-bond acceptors (Lipinski definition) is 6. The van der Waals surface area contributed by atoms with Crippen LogP contribution < -0.4 is 10.2 Å². The molecule has 1 aliphatic carbocycles. The van der Waals surface area contributed by atoms with E-state index >= 15 is 0 Å². The van der Waals surface area contributed by atoms with Gasteiger partial charge in [0, 0.05) is 20.1 Å². The Morgan fingerprint density at radius 1 is 1.45 bits per heavy atom. The van der Waals surface area contributed by atoms with E-state index in [1.54, 1.807) is 6.92 Å². The summed E-state index contributed by atoms with van der Waals surface area (Å²) in [6, 6.07) is 0. The van der Waals surface area contributed by atoms with Crippen molar-refractivity contribution in [3.63, 3.8) is 0 Å². The molecule has 1 aliphatic rings. The molecular weight excluding hydrogens is 258 g/mol. The van der Waals surface area contributed by atoms with Crippen LogP contribution in [0.15, 0.2) is 0 Å². The van der Waals surface area contributed by atoms with Gasteiger partial charge in [0.15, 0.2) is 0 Å². The summed E-state index contributed by atoms with van der Waals surface area (Å²) in [7, 11) is 1.86. The summed E-state index contributed by atoms with van der Waals surface area (Å²) < 4.78 is 0. The normalized spacial score (nSPS) is 14.8. The second kappa shape index (κ2) is 6.02. The lowest BCUT2D eigenvalue weighted by atomic mass is 9.85. The van der Waals surface area contributed by atoms with Crippen LogP contribution in [0, 0.1) is 23.0 Å². The van der Waals surface area contributed by atoms with Crippen molar-refractivity contribution in [2.24, 2.45) is 5.92 Å². The fourth-order valence-corrected chi connectivity index (χ4v) is 2.42. The maximum absolute atomic E-state index is 11.3. The summed E-state index contributed by atoms with van der Waals surface area (Å²) in [5.74, 6) is 1.48. The molecule has 0 aliphatic heterocycles. The molecule has 0 radical (unpaired) electrons. The Kier molecular flexibility index (Phi) is 4.36. The predicted molar refractivity (Wildman–Crippen MR) is 78.2 cm³/mol. The summed E-state index contributed by atoms with van der Waals surface area (Å²) in [6.45, 7) is 5.09. The maximum Gasteiger partial charge on any atom is 0.332 e. The smallest absolute Gasteiger partial charge is 0.332 e. The minimum atomic E-state index is -0.391. The van der Waals surface area contributed by atoms with Crippen LogP contribution in [0.3, 0.4) is 0 Å². The Hall–Kier alpha value is -1.92. The molecule has 0 atom stereocenters. The lowest BCUT2D eigenvalue weighted by Crippen LogP contribution is -2.30. The van der Waals surface area contributed by atoms with Crippen molar-refractivity contribution >= 4 is 17.5 Å². The van der Waals surface area contributed by atoms with Gasteiger partial charge in [-0.1, -0.05) is 6.42 Å². The highest BCUT2D eigenvalue weighted by Gasteiger charge is 2.27. The van der Waals surface area contributed by atoms with Crippen LogP contribution in [0.4, 0.5) is 17.5 Å². The first-order valence-corrected chi connectivity index (χ1v) is 7.01. The second-order valence-corrected chi connectivity index (χ2v) is 5.27. The summed E-state index contributed by atoms with van der Waals surface area (Å²) in [5.41, 5.74) is 0.407. The number of rotatable bonds is 6. The molecule has 20 heavy (non-hydrogen) atoms. The number of anilines is 2. The van der Waals surface area contributed by atoms with Crippen molar-refractivity contribution in [1.29, 1.82) is 0 Å². The first-order chi connectivity index (χ1) is 9.52. The van der Waals surface area contributed by atoms with Gasteiger partial charge in [-0.05, 0) is 32.6 Å². The number of nitro groups is 1. The molecule has 2 rings (SSSR count). The summed E-state index contributed by atoms with van der Waals surface area (Å²) in [5, 5.41) is 14.3. The SMILES string of the molecule is CCNc1nc(C)c([N+](=O)[O-])c(N(C)CC2CCC2)n1. The van der Waals surface area contributed by atoms with Crippen molar-refractivity contribution in [3.8, 4) is 0 Å². The minimum Gasteiger partial charge on any atom is -0.354 e. The van der Waals surface area contributed by atoms with Gasteiger partial charge >= 0.3 is 5.69 Å². The first kappa shape index (κ1) is 14.5. The van der Waals surface area contributed by atoms with Gasteiger partial charge < -0.3 is 10.2 Å².